The zero-order valence-corrected chi connectivity index (χ0v) is 14.9. The maximum absolute atomic E-state index is 6.02. The lowest BCUT2D eigenvalue weighted by Crippen LogP contribution is -2.05. The molecule has 27 heavy (non-hydrogen) atoms. The monoisotopic (exact) mass is 349 g/mol. The van der Waals surface area contributed by atoms with Crippen LogP contribution >= 0.6 is 0 Å². The molecule has 0 radical (unpaired) electrons. The molecule has 5 aromatic rings. The molecule has 0 saturated carbocycles. The van der Waals surface area contributed by atoms with E-state index in [0.29, 0.717) is 0 Å². The second-order valence-corrected chi connectivity index (χ2v) is 6.85. The van der Waals surface area contributed by atoms with Gasteiger partial charge in [0.25, 0.3) is 0 Å². The Bertz CT molecular complexity index is 1170. The van der Waals surface area contributed by atoms with Crippen LogP contribution in [0, 0.1) is 0 Å². The van der Waals surface area contributed by atoms with Crippen LogP contribution in [-0.4, -0.2) is 4.98 Å². The number of aromatic nitrogens is 1. The van der Waals surface area contributed by atoms with Crippen LogP contribution < -0.4 is 0 Å². The van der Waals surface area contributed by atoms with E-state index in [4.69, 9.17) is 9.40 Å². The van der Waals surface area contributed by atoms with Crippen molar-refractivity contribution in [3.63, 3.8) is 0 Å². The van der Waals surface area contributed by atoms with Crippen molar-refractivity contribution in [1.29, 1.82) is 0 Å². The summed E-state index contributed by atoms with van der Waals surface area (Å²) >= 11 is 0. The van der Waals surface area contributed by atoms with E-state index in [2.05, 4.69) is 72.8 Å². The van der Waals surface area contributed by atoms with Crippen LogP contribution in [0.25, 0.3) is 21.9 Å². The van der Waals surface area contributed by atoms with Gasteiger partial charge >= 0.3 is 0 Å². The summed E-state index contributed by atoms with van der Waals surface area (Å²) in [6.07, 6.45) is 0.733. The van der Waals surface area contributed by atoms with Crippen LogP contribution in [0.2, 0.25) is 0 Å². The van der Waals surface area contributed by atoms with Gasteiger partial charge in [0.05, 0.1) is 0 Å². The summed E-state index contributed by atoms with van der Waals surface area (Å²) < 4.78 is 6.02. The maximum atomic E-state index is 6.02. The molecule has 2 heteroatoms. The highest BCUT2D eigenvalue weighted by atomic mass is 16.3. The molecule has 1 unspecified atom stereocenters. The van der Waals surface area contributed by atoms with Crippen molar-refractivity contribution in [3.05, 3.63) is 114 Å². The van der Waals surface area contributed by atoms with Gasteiger partial charge in [-0.15, -0.1) is 0 Å². The lowest BCUT2D eigenvalue weighted by atomic mass is 9.87. The predicted molar refractivity (Wildman–Crippen MR) is 110 cm³/mol. The van der Waals surface area contributed by atoms with Gasteiger partial charge in [0.1, 0.15) is 5.52 Å². The molecule has 130 valence electrons. The Kier molecular flexibility index (Phi) is 3.95. The SMILES string of the molecule is c1ccc(C(Cc2nc3ccccc3o2)c2ccc3ccccc3c2)cc1. The molecule has 0 amide bonds. The minimum absolute atomic E-state index is 0.198. The van der Waals surface area contributed by atoms with Crippen LogP contribution in [0.15, 0.2) is 101 Å². The van der Waals surface area contributed by atoms with E-state index in [1.807, 2.05) is 24.3 Å². The van der Waals surface area contributed by atoms with Gasteiger partial charge in [0.2, 0.25) is 0 Å². The van der Waals surface area contributed by atoms with Crippen LogP contribution in [-0.2, 0) is 6.42 Å². The zero-order valence-electron chi connectivity index (χ0n) is 14.9. The summed E-state index contributed by atoms with van der Waals surface area (Å²) in [7, 11) is 0. The molecule has 5 rings (SSSR count). The fourth-order valence-corrected chi connectivity index (χ4v) is 3.72. The molecule has 0 bridgehead atoms. The largest absolute Gasteiger partial charge is 0.441 e. The topological polar surface area (TPSA) is 26.0 Å². The molecule has 1 heterocycles. The number of hydrogen-bond acceptors (Lipinski definition) is 2. The van der Waals surface area contributed by atoms with Crippen molar-refractivity contribution in [2.45, 2.75) is 12.3 Å². The molecule has 4 aromatic carbocycles. The lowest BCUT2D eigenvalue weighted by Gasteiger charge is -2.17. The maximum Gasteiger partial charge on any atom is 0.196 e. The normalized spacial score (nSPS) is 12.4. The summed E-state index contributed by atoms with van der Waals surface area (Å²) in [5.41, 5.74) is 4.31. The number of benzene rings is 4. The number of para-hydroxylation sites is 2. The van der Waals surface area contributed by atoms with Gasteiger partial charge in [-0.05, 0) is 34.0 Å². The molecule has 0 aliphatic rings. The summed E-state index contributed by atoms with van der Waals surface area (Å²) in [6.45, 7) is 0. The van der Waals surface area contributed by atoms with Gasteiger partial charge in [-0.1, -0.05) is 84.9 Å². The number of nitrogens with zero attached hydrogens (tertiary/aromatic N) is 1. The number of rotatable bonds is 4. The van der Waals surface area contributed by atoms with Crippen LogP contribution in [0.1, 0.15) is 22.9 Å². The quantitative estimate of drug-likeness (QED) is 0.377. The second kappa shape index (κ2) is 6.73. The fourth-order valence-electron chi connectivity index (χ4n) is 3.72. The van der Waals surface area contributed by atoms with E-state index < -0.39 is 0 Å². The first-order valence-electron chi connectivity index (χ1n) is 9.25. The highest BCUT2D eigenvalue weighted by Gasteiger charge is 2.18. The van der Waals surface area contributed by atoms with Crippen molar-refractivity contribution in [2.75, 3.05) is 0 Å². The Morgan fingerprint density at radius 2 is 1.41 bits per heavy atom. The molecule has 2 nitrogen and oxygen atoms in total. The van der Waals surface area contributed by atoms with E-state index in [0.717, 1.165) is 23.4 Å². The molecular formula is C25H19NO. The Balaban J connectivity index is 1.59. The van der Waals surface area contributed by atoms with E-state index in [9.17, 15) is 0 Å². The Morgan fingerprint density at radius 3 is 2.26 bits per heavy atom. The van der Waals surface area contributed by atoms with Crippen molar-refractivity contribution in [1.82, 2.24) is 4.98 Å². The first-order chi connectivity index (χ1) is 13.4. The fraction of sp³-hybridized carbons (Fsp3) is 0.0800. The van der Waals surface area contributed by atoms with Gasteiger partial charge in [0.15, 0.2) is 11.5 Å². The van der Waals surface area contributed by atoms with E-state index in [1.165, 1.54) is 21.9 Å². The van der Waals surface area contributed by atoms with Crippen molar-refractivity contribution in [3.8, 4) is 0 Å². The van der Waals surface area contributed by atoms with Gasteiger partial charge in [-0.3, -0.25) is 0 Å². The first-order valence-corrected chi connectivity index (χ1v) is 9.25. The lowest BCUT2D eigenvalue weighted by molar-refractivity contribution is 0.514. The minimum Gasteiger partial charge on any atom is -0.441 e. The van der Waals surface area contributed by atoms with Crippen LogP contribution in [0.4, 0.5) is 0 Å². The summed E-state index contributed by atoms with van der Waals surface area (Å²) in [6, 6.07) is 33.7. The minimum atomic E-state index is 0.198. The van der Waals surface area contributed by atoms with Crippen molar-refractivity contribution in [2.24, 2.45) is 0 Å². The predicted octanol–water partition coefficient (Wildman–Crippen LogP) is 6.36. The van der Waals surface area contributed by atoms with Gasteiger partial charge in [-0.25, -0.2) is 4.98 Å². The smallest absolute Gasteiger partial charge is 0.196 e. The van der Waals surface area contributed by atoms with E-state index in [-0.39, 0.29) is 5.92 Å². The zero-order chi connectivity index (χ0) is 18.1. The van der Waals surface area contributed by atoms with E-state index in [1.54, 1.807) is 0 Å². The second-order valence-electron chi connectivity index (χ2n) is 6.85. The van der Waals surface area contributed by atoms with Gasteiger partial charge in [0, 0.05) is 12.3 Å². The third kappa shape index (κ3) is 3.11. The van der Waals surface area contributed by atoms with Crippen molar-refractivity contribution >= 4 is 21.9 Å². The van der Waals surface area contributed by atoms with Gasteiger partial charge < -0.3 is 4.42 Å². The molecule has 0 spiro atoms. The summed E-state index contributed by atoms with van der Waals surface area (Å²) in [5, 5.41) is 2.52. The summed E-state index contributed by atoms with van der Waals surface area (Å²) in [5.74, 6) is 0.974. The average Bonchev–Trinajstić information content (AvgIpc) is 3.15. The van der Waals surface area contributed by atoms with Crippen LogP contribution in [0.5, 0.6) is 0 Å². The highest BCUT2D eigenvalue weighted by molar-refractivity contribution is 5.83. The Morgan fingerprint density at radius 1 is 0.667 bits per heavy atom. The van der Waals surface area contributed by atoms with E-state index >= 15 is 0 Å². The third-order valence-electron chi connectivity index (χ3n) is 5.09. The molecule has 0 aliphatic heterocycles. The molecule has 1 aromatic heterocycles. The molecular weight excluding hydrogens is 330 g/mol. The number of fused-ring (bicyclic) bond motifs is 2. The third-order valence-corrected chi connectivity index (χ3v) is 5.09. The highest BCUT2D eigenvalue weighted by Crippen LogP contribution is 2.31. The summed E-state index contributed by atoms with van der Waals surface area (Å²) in [4.78, 5) is 4.70. The van der Waals surface area contributed by atoms with Crippen LogP contribution in [0.3, 0.4) is 0 Å². The van der Waals surface area contributed by atoms with Gasteiger partial charge in [-0.2, -0.15) is 0 Å². The first kappa shape index (κ1) is 15.8. The molecule has 0 aliphatic carbocycles. The molecule has 0 fully saturated rings. The molecule has 0 saturated heterocycles. The Hall–Kier alpha value is -3.39. The Labute approximate surface area is 158 Å². The standard InChI is InChI=1S/C25H19NO/c1-2-9-19(10-3-1)22(17-25-26-23-12-6-7-13-24(23)27-25)21-15-14-18-8-4-5-11-20(18)16-21/h1-16,22H,17H2. The number of hydrogen-bond donors (Lipinski definition) is 0. The average molecular weight is 349 g/mol. The molecule has 0 N–H and O–H groups in total. The van der Waals surface area contributed by atoms with Crippen molar-refractivity contribution < 1.29 is 4.42 Å². The number of oxazole rings is 1. The molecule has 1 atom stereocenters.